The van der Waals surface area contributed by atoms with Crippen molar-refractivity contribution in [2.45, 2.75) is 25.4 Å². The molecule has 0 bridgehead atoms. The van der Waals surface area contributed by atoms with Gasteiger partial charge in [-0.15, -0.1) is 0 Å². The van der Waals surface area contributed by atoms with E-state index in [1.807, 2.05) is 24.3 Å². The van der Waals surface area contributed by atoms with Crippen molar-refractivity contribution >= 4 is 17.6 Å². The van der Waals surface area contributed by atoms with E-state index in [4.69, 9.17) is 16.7 Å². The Balaban J connectivity index is 1.72. The molecule has 0 radical (unpaired) electrons. The van der Waals surface area contributed by atoms with E-state index in [1.54, 1.807) is 17.8 Å². The summed E-state index contributed by atoms with van der Waals surface area (Å²) in [7, 11) is 1.76. The maximum absolute atomic E-state index is 11.0. The van der Waals surface area contributed by atoms with Crippen LogP contribution in [0, 0.1) is 5.92 Å². The third-order valence-corrected chi connectivity index (χ3v) is 4.27. The number of carbonyl (C=O) groups is 1. The summed E-state index contributed by atoms with van der Waals surface area (Å²) in [4.78, 5) is 11.0. The lowest BCUT2D eigenvalue weighted by Crippen LogP contribution is -2.23. The number of carboxylic acid groups (broad SMARTS) is 1. The summed E-state index contributed by atoms with van der Waals surface area (Å²) in [6.45, 7) is 0.584. The molecule has 6 heteroatoms. The van der Waals surface area contributed by atoms with Crippen molar-refractivity contribution in [2.24, 2.45) is 13.0 Å². The second kappa shape index (κ2) is 6.10. The molecule has 1 aromatic heterocycles. The van der Waals surface area contributed by atoms with Crippen LogP contribution in [-0.2, 0) is 13.6 Å². The van der Waals surface area contributed by atoms with Gasteiger partial charge in [-0.2, -0.15) is 5.10 Å². The summed E-state index contributed by atoms with van der Waals surface area (Å²) in [5.41, 5.74) is 2.15. The van der Waals surface area contributed by atoms with Crippen LogP contribution in [0.3, 0.4) is 0 Å². The van der Waals surface area contributed by atoms with Crippen molar-refractivity contribution in [3.8, 4) is 0 Å². The molecule has 3 rings (SSSR count). The van der Waals surface area contributed by atoms with Gasteiger partial charge < -0.3 is 10.4 Å². The van der Waals surface area contributed by atoms with Gasteiger partial charge in [-0.05, 0) is 42.5 Å². The second-order valence-corrected chi connectivity index (χ2v) is 6.13. The third-order valence-electron chi connectivity index (χ3n) is 4.02. The second-order valence-electron chi connectivity index (χ2n) is 5.70. The quantitative estimate of drug-likeness (QED) is 0.859. The zero-order chi connectivity index (χ0) is 15.7. The normalized spacial score (nSPS) is 15.7. The molecule has 2 N–H and O–H groups in total. The molecule has 1 heterocycles. The highest BCUT2D eigenvalue weighted by molar-refractivity contribution is 6.30. The minimum atomic E-state index is -1.00. The smallest absolute Gasteiger partial charge is 0.356 e. The number of aromatic nitrogens is 2. The van der Waals surface area contributed by atoms with E-state index >= 15 is 0 Å². The number of aryl methyl sites for hydroxylation is 1. The highest BCUT2D eigenvalue weighted by Gasteiger charge is 2.32. The first-order valence-electron chi connectivity index (χ1n) is 7.29. The van der Waals surface area contributed by atoms with Crippen LogP contribution in [0.2, 0.25) is 5.02 Å². The van der Waals surface area contributed by atoms with Crippen LogP contribution in [-0.4, -0.2) is 20.9 Å². The van der Waals surface area contributed by atoms with Crippen LogP contribution in [0.1, 0.15) is 40.6 Å². The number of hydrogen-bond donors (Lipinski definition) is 2. The van der Waals surface area contributed by atoms with Gasteiger partial charge in [-0.3, -0.25) is 4.68 Å². The summed E-state index contributed by atoms with van der Waals surface area (Å²) in [5, 5.41) is 17.2. The van der Waals surface area contributed by atoms with Crippen LogP contribution in [0.5, 0.6) is 0 Å². The minimum Gasteiger partial charge on any atom is -0.476 e. The van der Waals surface area contributed by atoms with E-state index in [0.29, 0.717) is 12.5 Å². The van der Waals surface area contributed by atoms with Crippen LogP contribution in [0.15, 0.2) is 30.3 Å². The van der Waals surface area contributed by atoms with Crippen LogP contribution in [0.4, 0.5) is 0 Å². The molecule has 1 atom stereocenters. The zero-order valence-corrected chi connectivity index (χ0v) is 13.0. The molecular weight excluding hydrogens is 302 g/mol. The van der Waals surface area contributed by atoms with E-state index in [2.05, 4.69) is 10.4 Å². The van der Waals surface area contributed by atoms with Gasteiger partial charge in [0.15, 0.2) is 5.69 Å². The first-order chi connectivity index (χ1) is 10.5. The van der Waals surface area contributed by atoms with Gasteiger partial charge in [0.05, 0.1) is 5.69 Å². The Morgan fingerprint density at radius 3 is 2.68 bits per heavy atom. The van der Waals surface area contributed by atoms with Gasteiger partial charge in [-0.1, -0.05) is 23.7 Å². The first-order valence-corrected chi connectivity index (χ1v) is 7.67. The molecule has 0 spiro atoms. The van der Waals surface area contributed by atoms with Gasteiger partial charge in [0.2, 0.25) is 0 Å². The molecule has 5 nitrogen and oxygen atoms in total. The molecule has 1 aliphatic carbocycles. The highest BCUT2D eigenvalue weighted by Crippen LogP contribution is 2.41. The van der Waals surface area contributed by atoms with E-state index in [9.17, 15) is 4.79 Å². The molecule has 1 saturated carbocycles. The Kier molecular flexibility index (Phi) is 4.18. The van der Waals surface area contributed by atoms with Crippen molar-refractivity contribution in [3.05, 3.63) is 52.3 Å². The number of benzene rings is 1. The SMILES string of the molecule is Cn1nc(C(=O)O)cc1CNC(c1ccc(Cl)cc1)C1CC1. The lowest BCUT2D eigenvalue weighted by molar-refractivity contribution is 0.0689. The molecule has 1 aromatic carbocycles. The van der Waals surface area contributed by atoms with Crippen molar-refractivity contribution < 1.29 is 9.90 Å². The Bertz CT molecular complexity index is 677. The van der Waals surface area contributed by atoms with Crippen LogP contribution < -0.4 is 5.32 Å². The van der Waals surface area contributed by atoms with Gasteiger partial charge in [0, 0.05) is 24.7 Å². The summed E-state index contributed by atoms with van der Waals surface area (Å²) >= 11 is 5.95. The Hall–Kier alpha value is -1.85. The standard InChI is InChI=1S/C16H18ClN3O2/c1-20-13(8-14(19-20)16(21)22)9-18-15(10-2-3-10)11-4-6-12(17)7-5-11/h4-8,10,15,18H,2-3,9H2,1H3,(H,21,22). The molecule has 1 fully saturated rings. The number of hydrogen-bond acceptors (Lipinski definition) is 3. The fraction of sp³-hybridized carbons (Fsp3) is 0.375. The number of rotatable bonds is 6. The van der Waals surface area contributed by atoms with Gasteiger partial charge >= 0.3 is 5.97 Å². The fourth-order valence-corrected chi connectivity index (χ4v) is 2.77. The molecule has 1 unspecified atom stereocenters. The Morgan fingerprint density at radius 1 is 1.45 bits per heavy atom. The summed E-state index contributed by atoms with van der Waals surface area (Å²) in [6.07, 6.45) is 2.43. The van der Waals surface area contributed by atoms with Crippen molar-refractivity contribution in [1.82, 2.24) is 15.1 Å². The molecule has 22 heavy (non-hydrogen) atoms. The molecule has 1 aliphatic rings. The van der Waals surface area contributed by atoms with Gasteiger partial charge in [-0.25, -0.2) is 4.79 Å². The topological polar surface area (TPSA) is 67.2 Å². The lowest BCUT2D eigenvalue weighted by atomic mass is 10.0. The average Bonchev–Trinajstić information content (AvgIpc) is 3.25. The molecule has 2 aromatic rings. The molecular formula is C16H18ClN3O2. The van der Waals surface area contributed by atoms with Crippen molar-refractivity contribution in [3.63, 3.8) is 0 Å². The number of carboxylic acids is 1. The Morgan fingerprint density at radius 2 is 2.14 bits per heavy atom. The fourth-order valence-electron chi connectivity index (χ4n) is 2.65. The predicted octanol–water partition coefficient (Wildman–Crippen LogP) is 3.01. The molecule has 0 saturated heterocycles. The Labute approximate surface area is 133 Å². The number of nitrogens with zero attached hydrogens (tertiary/aromatic N) is 2. The van der Waals surface area contributed by atoms with Crippen molar-refractivity contribution in [1.29, 1.82) is 0 Å². The molecule has 116 valence electrons. The number of aromatic carboxylic acids is 1. The average molecular weight is 320 g/mol. The molecule has 0 aliphatic heterocycles. The summed E-state index contributed by atoms with van der Waals surface area (Å²) in [6, 6.07) is 9.77. The minimum absolute atomic E-state index is 0.0776. The van der Waals surface area contributed by atoms with Crippen LogP contribution in [0.25, 0.3) is 0 Å². The summed E-state index contributed by atoms with van der Waals surface area (Å²) < 4.78 is 1.61. The number of halogens is 1. The number of nitrogens with one attached hydrogen (secondary N) is 1. The zero-order valence-electron chi connectivity index (χ0n) is 12.3. The largest absolute Gasteiger partial charge is 0.476 e. The third kappa shape index (κ3) is 3.31. The van der Waals surface area contributed by atoms with E-state index in [1.165, 1.54) is 18.4 Å². The van der Waals surface area contributed by atoms with E-state index in [0.717, 1.165) is 10.7 Å². The summed E-state index contributed by atoms with van der Waals surface area (Å²) in [5.74, 6) is -0.369. The monoisotopic (exact) mass is 319 g/mol. The lowest BCUT2D eigenvalue weighted by Gasteiger charge is -2.19. The predicted molar refractivity (Wildman–Crippen MR) is 83.9 cm³/mol. The highest BCUT2D eigenvalue weighted by atomic mass is 35.5. The van der Waals surface area contributed by atoms with Gasteiger partial charge in [0.1, 0.15) is 0 Å². The van der Waals surface area contributed by atoms with E-state index < -0.39 is 5.97 Å². The van der Waals surface area contributed by atoms with Gasteiger partial charge in [0.25, 0.3) is 0 Å². The maximum atomic E-state index is 11.0. The maximum Gasteiger partial charge on any atom is 0.356 e. The first kappa shape index (κ1) is 15.1. The van der Waals surface area contributed by atoms with Crippen LogP contribution >= 0.6 is 11.6 Å². The van der Waals surface area contributed by atoms with E-state index in [-0.39, 0.29) is 11.7 Å². The van der Waals surface area contributed by atoms with Crippen molar-refractivity contribution in [2.75, 3.05) is 0 Å². The molecule has 0 amide bonds.